The number of benzene rings is 1. The van der Waals surface area contributed by atoms with Crippen molar-refractivity contribution in [2.75, 3.05) is 32.4 Å². The number of halogens is 2. The Kier molecular flexibility index (Phi) is 3.69. The first kappa shape index (κ1) is 14.7. The van der Waals surface area contributed by atoms with Crippen molar-refractivity contribution in [1.29, 1.82) is 0 Å². The second-order valence-electron chi connectivity index (χ2n) is 5.81. The summed E-state index contributed by atoms with van der Waals surface area (Å²) in [4.78, 5) is 16.2. The number of nitrogens with two attached hydrogens (primary N) is 1. The molecule has 0 bridgehead atoms. The Bertz CT molecular complexity index is 545. The monoisotopic (exact) mass is 283 g/mol. The van der Waals surface area contributed by atoms with Crippen molar-refractivity contribution in [3.05, 3.63) is 29.3 Å². The van der Waals surface area contributed by atoms with Gasteiger partial charge in [-0.15, -0.1) is 0 Å². The van der Waals surface area contributed by atoms with Gasteiger partial charge in [0.1, 0.15) is 0 Å². The molecule has 1 aromatic carbocycles. The molecule has 0 aromatic heterocycles. The Hall–Kier alpha value is -1.69. The van der Waals surface area contributed by atoms with Crippen molar-refractivity contribution < 1.29 is 13.6 Å². The smallest absolute Gasteiger partial charge is 0.256 e. The number of anilines is 1. The van der Waals surface area contributed by atoms with Gasteiger partial charge in [0.2, 0.25) is 0 Å². The molecular weight excluding hydrogens is 264 g/mol. The third-order valence-corrected chi connectivity index (χ3v) is 3.93. The predicted molar refractivity (Wildman–Crippen MR) is 73.4 cm³/mol. The fourth-order valence-electron chi connectivity index (χ4n) is 2.33. The highest BCUT2D eigenvalue weighted by molar-refractivity contribution is 5.99. The molecule has 2 rings (SSSR count). The zero-order valence-electron chi connectivity index (χ0n) is 11.9. The summed E-state index contributed by atoms with van der Waals surface area (Å²) in [6.45, 7) is 5.84. The topological polar surface area (TPSA) is 49.6 Å². The van der Waals surface area contributed by atoms with Gasteiger partial charge in [-0.1, -0.05) is 0 Å². The van der Waals surface area contributed by atoms with E-state index in [1.807, 2.05) is 20.9 Å². The maximum absolute atomic E-state index is 13.3. The molecule has 1 heterocycles. The van der Waals surface area contributed by atoms with Gasteiger partial charge in [-0.25, -0.2) is 8.78 Å². The number of nitrogens with zero attached hydrogens (tertiary/aromatic N) is 2. The molecule has 0 saturated carbocycles. The number of hydrogen-bond donors (Lipinski definition) is 1. The van der Waals surface area contributed by atoms with Crippen LogP contribution in [-0.2, 0) is 0 Å². The van der Waals surface area contributed by atoms with Crippen LogP contribution in [0.15, 0.2) is 12.1 Å². The first-order chi connectivity index (χ1) is 9.22. The number of piperazine rings is 1. The molecule has 4 nitrogen and oxygen atoms in total. The Labute approximate surface area is 117 Å². The summed E-state index contributed by atoms with van der Waals surface area (Å²) in [5.41, 5.74) is 5.44. The van der Waals surface area contributed by atoms with E-state index in [1.165, 1.54) is 0 Å². The minimum absolute atomic E-state index is 0.0178. The third kappa shape index (κ3) is 2.60. The zero-order chi connectivity index (χ0) is 15.1. The average molecular weight is 283 g/mol. The van der Waals surface area contributed by atoms with Crippen LogP contribution in [0.4, 0.5) is 14.5 Å². The molecule has 0 atom stereocenters. The molecule has 2 N–H and O–H groups in total. The van der Waals surface area contributed by atoms with Crippen molar-refractivity contribution in [3.8, 4) is 0 Å². The Morgan fingerprint density at radius 1 is 1.25 bits per heavy atom. The van der Waals surface area contributed by atoms with Crippen LogP contribution in [0.1, 0.15) is 24.2 Å². The summed E-state index contributed by atoms with van der Waals surface area (Å²) in [5.74, 6) is -2.46. The van der Waals surface area contributed by atoms with Gasteiger partial charge in [-0.2, -0.15) is 0 Å². The van der Waals surface area contributed by atoms with Crippen LogP contribution in [0.5, 0.6) is 0 Å². The van der Waals surface area contributed by atoms with Crippen LogP contribution in [0.2, 0.25) is 0 Å². The van der Waals surface area contributed by atoms with E-state index in [2.05, 4.69) is 4.90 Å². The van der Waals surface area contributed by atoms with Gasteiger partial charge >= 0.3 is 0 Å². The Morgan fingerprint density at radius 3 is 2.45 bits per heavy atom. The summed E-state index contributed by atoms with van der Waals surface area (Å²) in [6.07, 6.45) is 0. The Balaban J connectivity index is 2.26. The molecule has 0 spiro atoms. The molecule has 1 saturated heterocycles. The van der Waals surface area contributed by atoms with E-state index in [9.17, 15) is 13.6 Å². The largest absolute Gasteiger partial charge is 0.398 e. The maximum Gasteiger partial charge on any atom is 0.256 e. The molecule has 6 heteroatoms. The average Bonchev–Trinajstić information content (AvgIpc) is 2.36. The fraction of sp³-hybridized carbons (Fsp3) is 0.500. The van der Waals surface area contributed by atoms with Crippen LogP contribution < -0.4 is 5.73 Å². The number of carbonyl (C=O) groups excluding carboxylic acids is 1. The van der Waals surface area contributed by atoms with E-state index < -0.39 is 11.6 Å². The summed E-state index contributed by atoms with van der Waals surface area (Å²) in [5, 5.41) is 0. The molecule has 1 aliphatic heterocycles. The summed E-state index contributed by atoms with van der Waals surface area (Å²) >= 11 is 0. The van der Waals surface area contributed by atoms with Crippen molar-refractivity contribution in [2.45, 2.75) is 19.4 Å². The molecule has 0 unspecified atom stereocenters. The second kappa shape index (κ2) is 5.01. The van der Waals surface area contributed by atoms with E-state index in [1.54, 1.807) is 4.90 Å². The molecule has 110 valence electrons. The molecule has 1 amide bonds. The standard InChI is InChI=1S/C14H19F2N3O/c1-14(2)8-19(5-4-18(14)3)13(20)9-6-10(15)11(16)7-12(9)17/h6-7H,4-5,8,17H2,1-3H3. The quantitative estimate of drug-likeness (QED) is 0.798. The third-order valence-electron chi connectivity index (χ3n) is 3.93. The van der Waals surface area contributed by atoms with E-state index in [0.29, 0.717) is 13.1 Å². The lowest BCUT2D eigenvalue weighted by Gasteiger charge is -2.45. The number of hydrogen-bond acceptors (Lipinski definition) is 3. The van der Waals surface area contributed by atoms with Gasteiger partial charge in [-0.3, -0.25) is 9.69 Å². The summed E-state index contributed by atoms with van der Waals surface area (Å²) < 4.78 is 26.3. The lowest BCUT2D eigenvalue weighted by Crippen LogP contribution is -2.58. The molecule has 1 fully saturated rings. The van der Waals surface area contributed by atoms with Gasteiger partial charge in [0.05, 0.1) is 5.56 Å². The molecule has 0 aliphatic carbocycles. The van der Waals surface area contributed by atoms with E-state index in [4.69, 9.17) is 5.73 Å². The fourth-order valence-corrected chi connectivity index (χ4v) is 2.33. The van der Waals surface area contributed by atoms with E-state index >= 15 is 0 Å². The van der Waals surface area contributed by atoms with E-state index in [0.717, 1.165) is 18.7 Å². The number of likely N-dealkylation sites (N-methyl/N-ethyl adjacent to an activating group) is 1. The summed E-state index contributed by atoms with van der Waals surface area (Å²) in [7, 11) is 1.99. The van der Waals surface area contributed by atoms with Crippen LogP contribution in [-0.4, -0.2) is 47.9 Å². The lowest BCUT2D eigenvalue weighted by atomic mass is 9.99. The van der Waals surface area contributed by atoms with Crippen molar-refractivity contribution >= 4 is 11.6 Å². The SMILES string of the molecule is CN1CCN(C(=O)c2cc(F)c(F)cc2N)CC1(C)C. The highest BCUT2D eigenvalue weighted by atomic mass is 19.2. The van der Waals surface area contributed by atoms with Crippen molar-refractivity contribution in [3.63, 3.8) is 0 Å². The van der Waals surface area contributed by atoms with E-state index in [-0.39, 0.29) is 22.7 Å². The van der Waals surface area contributed by atoms with Crippen LogP contribution in [0.3, 0.4) is 0 Å². The van der Waals surface area contributed by atoms with Gasteiger partial charge in [0, 0.05) is 36.9 Å². The molecule has 0 radical (unpaired) electrons. The second-order valence-corrected chi connectivity index (χ2v) is 5.81. The minimum Gasteiger partial charge on any atom is -0.398 e. The molecule has 1 aromatic rings. The molecule has 1 aliphatic rings. The van der Waals surface area contributed by atoms with Crippen LogP contribution >= 0.6 is 0 Å². The summed E-state index contributed by atoms with van der Waals surface area (Å²) in [6, 6.07) is 1.72. The van der Waals surface area contributed by atoms with Crippen LogP contribution in [0, 0.1) is 11.6 Å². The van der Waals surface area contributed by atoms with Crippen molar-refractivity contribution in [2.24, 2.45) is 0 Å². The number of amides is 1. The van der Waals surface area contributed by atoms with Crippen LogP contribution in [0.25, 0.3) is 0 Å². The highest BCUT2D eigenvalue weighted by Crippen LogP contribution is 2.23. The first-order valence-electron chi connectivity index (χ1n) is 6.47. The molecule has 20 heavy (non-hydrogen) atoms. The highest BCUT2D eigenvalue weighted by Gasteiger charge is 2.34. The van der Waals surface area contributed by atoms with Crippen molar-refractivity contribution in [1.82, 2.24) is 9.80 Å². The van der Waals surface area contributed by atoms with Gasteiger partial charge in [-0.05, 0) is 27.0 Å². The van der Waals surface area contributed by atoms with Gasteiger partial charge in [0.25, 0.3) is 5.91 Å². The number of carbonyl (C=O) groups is 1. The maximum atomic E-state index is 13.3. The predicted octanol–water partition coefficient (Wildman–Crippen LogP) is 1.71. The number of nitrogen functional groups attached to an aromatic ring is 1. The minimum atomic E-state index is -1.06. The lowest BCUT2D eigenvalue weighted by molar-refractivity contribution is 0.0312. The molecular formula is C14H19F2N3O. The Morgan fingerprint density at radius 2 is 1.85 bits per heavy atom. The first-order valence-corrected chi connectivity index (χ1v) is 6.47. The van der Waals surface area contributed by atoms with Gasteiger partial charge < -0.3 is 10.6 Å². The normalized spacial score (nSPS) is 19.1. The van der Waals surface area contributed by atoms with Gasteiger partial charge in [0.15, 0.2) is 11.6 Å². The number of rotatable bonds is 1. The zero-order valence-corrected chi connectivity index (χ0v) is 11.9.